The topological polar surface area (TPSA) is 74.2 Å². The molecule has 2 amide bonds. The highest BCUT2D eigenvalue weighted by Crippen LogP contribution is 2.34. The molecule has 0 spiro atoms. The smallest absolute Gasteiger partial charge is 0.266 e. The molecule has 0 saturated carbocycles. The number of piperidine rings is 1. The van der Waals surface area contributed by atoms with Crippen LogP contribution < -0.4 is 15.0 Å². The van der Waals surface area contributed by atoms with Gasteiger partial charge in [0.25, 0.3) is 11.8 Å². The number of halogens is 1. The van der Waals surface area contributed by atoms with Crippen LogP contribution in [-0.2, 0) is 9.59 Å². The van der Waals surface area contributed by atoms with Gasteiger partial charge in [-0.2, -0.15) is 0 Å². The minimum Gasteiger partial charge on any atom is -0.484 e. The zero-order chi connectivity index (χ0) is 27.9. The van der Waals surface area contributed by atoms with Crippen molar-refractivity contribution in [3.8, 4) is 5.75 Å². The monoisotopic (exact) mass is 558 g/mol. The first kappa shape index (κ1) is 27.5. The molecule has 2 aliphatic heterocycles. The van der Waals surface area contributed by atoms with Crippen molar-refractivity contribution in [2.45, 2.75) is 26.2 Å². The predicted octanol–water partition coefficient (Wildman–Crippen LogP) is 6.46. The van der Waals surface area contributed by atoms with Crippen LogP contribution in [0.15, 0.2) is 82.7 Å². The number of amidine groups is 1. The lowest BCUT2D eigenvalue weighted by Crippen LogP contribution is -2.29. The number of rotatable bonds is 8. The normalized spacial score (nSPS) is 17.5. The molecule has 2 heterocycles. The fourth-order valence-electron chi connectivity index (χ4n) is 4.56. The Labute approximate surface area is 237 Å². The van der Waals surface area contributed by atoms with Crippen LogP contribution in [0.4, 0.5) is 21.5 Å². The Balaban J connectivity index is 1.20. The summed E-state index contributed by atoms with van der Waals surface area (Å²) in [6.07, 6.45) is 5.60. The van der Waals surface area contributed by atoms with Crippen LogP contribution in [0.3, 0.4) is 0 Å². The van der Waals surface area contributed by atoms with E-state index in [1.807, 2.05) is 37.3 Å². The van der Waals surface area contributed by atoms with Crippen molar-refractivity contribution in [2.75, 3.05) is 36.5 Å². The van der Waals surface area contributed by atoms with Gasteiger partial charge in [-0.3, -0.25) is 14.5 Å². The number of nitrogens with one attached hydrogen (secondary N) is 1. The average Bonchev–Trinajstić information content (AvgIpc) is 3.27. The number of nitrogens with zero attached hydrogens (tertiary/aromatic N) is 3. The Morgan fingerprint density at radius 1 is 1.00 bits per heavy atom. The maximum atomic E-state index is 13.1. The third kappa shape index (κ3) is 6.90. The SMILES string of the molecule is CCN1C(=O)/C(=C/c2ccc(OCC(=O)Nc3ccc(F)cc3)cc2)SC1=Nc1ccc(N2CCCCC2)cc1. The number of carbonyl (C=O) groups is 2. The highest BCUT2D eigenvalue weighted by Gasteiger charge is 2.32. The second-order valence-corrected chi connectivity index (χ2v) is 10.5. The molecule has 0 atom stereocenters. The van der Waals surface area contributed by atoms with Gasteiger partial charge in [0, 0.05) is 31.0 Å². The van der Waals surface area contributed by atoms with Crippen LogP contribution in [0, 0.1) is 5.82 Å². The highest BCUT2D eigenvalue weighted by atomic mass is 32.2. The van der Waals surface area contributed by atoms with Gasteiger partial charge in [-0.25, -0.2) is 9.38 Å². The van der Waals surface area contributed by atoms with Crippen molar-refractivity contribution in [2.24, 2.45) is 4.99 Å². The number of carbonyl (C=O) groups excluding carboxylic acids is 2. The predicted molar refractivity (Wildman–Crippen MR) is 160 cm³/mol. The number of thioether (sulfide) groups is 1. The molecule has 0 bridgehead atoms. The number of likely N-dealkylation sites (N-methyl/N-ethyl adjacent to an activating group) is 1. The molecule has 0 aliphatic carbocycles. The fourth-order valence-corrected chi connectivity index (χ4v) is 5.62. The van der Waals surface area contributed by atoms with Gasteiger partial charge in [0.05, 0.1) is 10.6 Å². The Kier molecular flexibility index (Phi) is 8.81. The molecule has 3 aromatic carbocycles. The lowest BCUT2D eigenvalue weighted by Gasteiger charge is -2.28. The molecule has 1 N–H and O–H groups in total. The summed E-state index contributed by atoms with van der Waals surface area (Å²) in [6, 6.07) is 20.9. The second kappa shape index (κ2) is 12.8. The lowest BCUT2D eigenvalue weighted by atomic mass is 10.1. The zero-order valence-corrected chi connectivity index (χ0v) is 23.1. The van der Waals surface area contributed by atoms with E-state index in [1.165, 1.54) is 61.0 Å². The van der Waals surface area contributed by atoms with Crippen LogP contribution in [0.5, 0.6) is 5.75 Å². The second-order valence-electron chi connectivity index (χ2n) is 9.53. The van der Waals surface area contributed by atoms with Crippen LogP contribution in [-0.4, -0.2) is 48.1 Å². The van der Waals surface area contributed by atoms with E-state index in [-0.39, 0.29) is 24.2 Å². The number of ether oxygens (including phenoxy) is 1. The molecule has 7 nitrogen and oxygen atoms in total. The summed E-state index contributed by atoms with van der Waals surface area (Å²) in [5.41, 5.74) is 3.37. The number of amides is 2. The maximum Gasteiger partial charge on any atom is 0.266 e. The Bertz CT molecular complexity index is 1400. The van der Waals surface area contributed by atoms with E-state index >= 15 is 0 Å². The van der Waals surface area contributed by atoms with E-state index in [9.17, 15) is 14.0 Å². The summed E-state index contributed by atoms with van der Waals surface area (Å²) in [4.78, 5) is 34.7. The third-order valence-electron chi connectivity index (χ3n) is 6.68. The third-order valence-corrected chi connectivity index (χ3v) is 7.68. The van der Waals surface area contributed by atoms with Crippen LogP contribution in [0.2, 0.25) is 0 Å². The molecule has 9 heteroatoms. The van der Waals surface area contributed by atoms with Crippen molar-refractivity contribution in [3.05, 3.63) is 89.1 Å². The van der Waals surface area contributed by atoms with Gasteiger partial charge in [0.1, 0.15) is 11.6 Å². The van der Waals surface area contributed by atoms with Crippen LogP contribution >= 0.6 is 11.8 Å². The van der Waals surface area contributed by atoms with Crippen LogP contribution in [0.25, 0.3) is 6.08 Å². The van der Waals surface area contributed by atoms with E-state index in [4.69, 9.17) is 9.73 Å². The molecular weight excluding hydrogens is 527 g/mol. The summed E-state index contributed by atoms with van der Waals surface area (Å²) in [6.45, 7) is 4.47. The largest absolute Gasteiger partial charge is 0.484 e. The quantitative estimate of drug-likeness (QED) is 0.321. The maximum absolute atomic E-state index is 13.1. The minimum atomic E-state index is -0.370. The van der Waals surface area contributed by atoms with Gasteiger partial charge < -0.3 is 15.0 Å². The van der Waals surface area contributed by atoms with Crippen molar-refractivity contribution >= 4 is 51.9 Å². The fraction of sp³-hybridized carbons (Fsp3) is 0.258. The zero-order valence-electron chi connectivity index (χ0n) is 22.3. The summed E-state index contributed by atoms with van der Waals surface area (Å²) in [5.74, 6) is -0.273. The van der Waals surface area contributed by atoms with Crippen molar-refractivity contribution in [3.63, 3.8) is 0 Å². The van der Waals surface area contributed by atoms with E-state index < -0.39 is 0 Å². The lowest BCUT2D eigenvalue weighted by molar-refractivity contribution is -0.122. The van der Waals surface area contributed by atoms with E-state index in [0.717, 1.165) is 24.3 Å². The Morgan fingerprint density at radius 3 is 2.38 bits per heavy atom. The van der Waals surface area contributed by atoms with Gasteiger partial charge in [-0.05, 0) is 110 Å². The van der Waals surface area contributed by atoms with Gasteiger partial charge in [-0.15, -0.1) is 0 Å². The Hall–Kier alpha value is -4.11. The molecule has 206 valence electrons. The standard InChI is InChI=1S/C31H31FN4O3S/c1-2-36-30(38)28(40-31(36)34-25-12-14-26(15-13-25)35-18-4-3-5-19-35)20-22-6-16-27(17-7-22)39-21-29(37)33-24-10-8-23(32)9-11-24/h6-17,20H,2-5,18-19,21H2,1H3,(H,33,37)/b28-20-,34-31?. The van der Waals surface area contributed by atoms with E-state index in [2.05, 4.69) is 22.3 Å². The summed E-state index contributed by atoms with van der Waals surface area (Å²) in [5, 5.41) is 3.32. The highest BCUT2D eigenvalue weighted by molar-refractivity contribution is 8.18. The molecule has 3 aromatic rings. The molecule has 2 fully saturated rings. The molecule has 40 heavy (non-hydrogen) atoms. The number of aliphatic imine (C=N–C) groups is 1. The molecule has 2 saturated heterocycles. The number of hydrogen-bond acceptors (Lipinski definition) is 6. The van der Waals surface area contributed by atoms with Crippen molar-refractivity contribution < 1.29 is 18.7 Å². The Morgan fingerprint density at radius 2 is 1.70 bits per heavy atom. The number of hydrogen-bond donors (Lipinski definition) is 1. The minimum absolute atomic E-state index is 0.0750. The first-order valence-corrected chi connectivity index (χ1v) is 14.2. The van der Waals surface area contributed by atoms with Gasteiger partial charge in [0.15, 0.2) is 11.8 Å². The number of anilines is 2. The van der Waals surface area contributed by atoms with Crippen molar-refractivity contribution in [1.29, 1.82) is 0 Å². The molecular formula is C31H31FN4O3S. The van der Waals surface area contributed by atoms with Gasteiger partial charge in [0.2, 0.25) is 0 Å². The van der Waals surface area contributed by atoms with Crippen molar-refractivity contribution in [1.82, 2.24) is 4.90 Å². The first-order valence-electron chi connectivity index (χ1n) is 13.4. The number of benzene rings is 3. The van der Waals surface area contributed by atoms with E-state index in [0.29, 0.717) is 28.1 Å². The molecule has 0 radical (unpaired) electrons. The summed E-state index contributed by atoms with van der Waals surface area (Å²) < 4.78 is 18.6. The summed E-state index contributed by atoms with van der Waals surface area (Å²) in [7, 11) is 0. The molecule has 0 unspecified atom stereocenters. The molecule has 5 rings (SSSR count). The van der Waals surface area contributed by atoms with E-state index in [1.54, 1.807) is 17.0 Å². The molecule has 0 aromatic heterocycles. The molecule has 2 aliphatic rings. The summed E-state index contributed by atoms with van der Waals surface area (Å²) >= 11 is 1.36. The average molecular weight is 559 g/mol. The van der Waals surface area contributed by atoms with Crippen LogP contribution in [0.1, 0.15) is 31.7 Å². The van der Waals surface area contributed by atoms with Gasteiger partial charge in [-0.1, -0.05) is 12.1 Å². The first-order chi connectivity index (χ1) is 19.5. The van der Waals surface area contributed by atoms with Gasteiger partial charge >= 0.3 is 0 Å².